The fourth-order valence-corrected chi connectivity index (χ4v) is 2.93. The molecular formula is C12H17N3O3S. The first-order chi connectivity index (χ1) is 8.99. The molecule has 0 aliphatic carbocycles. The van der Waals surface area contributed by atoms with Crippen LogP contribution in [0.4, 0.5) is 9.93 Å². The topological polar surface area (TPSA) is 82.5 Å². The van der Waals surface area contributed by atoms with Crippen molar-refractivity contribution < 1.29 is 14.7 Å². The molecule has 2 rings (SSSR count). The number of hydrogen-bond acceptors (Lipinski definition) is 4. The van der Waals surface area contributed by atoms with Crippen LogP contribution in [0.1, 0.15) is 29.8 Å². The highest BCUT2D eigenvalue weighted by Crippen LogP contribution is 2.23. The molecule has 2 N–H and O–H groups in total. The lowest BCUT2D eigenvalue weighted by Gasteiger charge is -2.32. The summed E-state index contributed by atoms with van der Waals surface area (Å²) in [6.07, 6.45) is 2.20. The monoisotopic (exact) mass is 283 g/mol. The summed E-state index contributed by atoms with van der Waals surface area (Å²) in [5.74, 6) is -0.943. The number of thiazole rings is 1. The van der Waals surface area contributed by atoms with E-state index in [1.165, 1.54) is 16.2 Å². The minimum atomic E-state index is -0.943. The molecule has 1 aromatic rings. The fourth-order valence-electron chi connectivity index (χ4n) is 2.12. The first-order valence-electron chi connectivity index (χ1n) is 6.23. The van der Waals surface area contributed by atoms with Crippen LogP contribution in [-0.2, 0) is 4.79 Å². The van der Waals surface area contributed by atoms with Gasteiger partial charge in [0.2, 0.25) is 0 Å². The highest BCUT2D eigenvalue weighted by Gasteiger charge is 2.32. The summed E-state index contributed by atoms with van der Waals surface area (Å²) in [6.45, 7) is 4.29. The third kappa shape index (κ3) is 3.04. The lowest BCUT2D eigenvalue weighted by molar-refractivity contribution is -0.143. The molecule has 1 atom stereocenters. The van der Waals surface area contributed by atoms with Crippen LogP contribution in [-0.4, -0.2) is 39.6 Å². The minimum Gasteiger partial charge on any atom is -0.480 e. The molecule has 2 heterocycles. The van der Waals surface area contributed by atoms with Crippen molar-refractivity contribution in [2.24, 2.45) is 0 Å². The van der Waals surface area contributed by atoms with Gasteiger partial charge in [-0.3, -0.25) is 5.32 Å². The number of carboxylic acid groups (broad SMARTS) is 1. The molecule has 2 amide bonds. The number of carbonyl (C=O) groups is 2. The van der Waals surface area contributed by atoms with Crippen molar-refractivity contribution in [2.75, 3.05) is 11.9 Å². The van der Waals surface area contributed by atoms with E-state index in [2.05, 4.69) is 10.3 Å². The number of aromatic nitrogens is 1. The summed E-state index contributed by atoms with van der Waals surface area (Å²) < 4.78 is 0. The number of amides is 2. The quantitative estimate of drug-likeness (QED) is 0.872. The van der Waals surface area contributed by atoms with Gasteiger partial charge in [0.15, 0.2) is 5.13 Å². The number of likely N-dealkylation sites (tertiary alicyclic amines) is 1. The highest BCUT2D eigenvalue weighted by molar-refractivity contribution is 7.15. The number of carboxylic acids is 1. The molecule has 0 aromatic carbocycles. The van der Waals surface area contributed by atoms with Crippen molar-refractivity contribution in [3.05, 3.63) is 10.6 Å². The van der Waals surface area contributed by atoms with Crippen molar-refractivity contribution in [3.63, 3.8) is 0 Å². The maximum absolute atomic E-state index is 12.1. The molecule has 104 valence electrons. The summed E-state index contributed by atoms with van der Waals surface area (Å²) in [4.78, 5) is 29.9. The smallest absolute Gasteiger partial charge is 0.326 e. The molecule has 19 heavy (non-hydrogen) atoms. The van der Waals surface area contributed by atoms with Gasteiger partial charge in [0.1, 0.15) is 6.04 Å². The first-order valence-corrected chi connectivity index (χ1v) is 7.05. The lowest BCUT2D eigenvalue weighted by atomic mass is 10.0. The van der Waals surface area contributed by atoms with Gasteiger partial charge in [-0.25, -0.2) is 14.6 Å². The standard InChI is InChI=1S/C12H17N3O3S/c1-7-8(2)19-11(13-7)14-12(18)15-6-4-3-5-9(15)10(16)17/h9H,3-6H2,1-2H3,(H,16,17)(H,13,14,18). The maximum atomic E-state index is 12.1. The van der Waals surface area contributed by atoms with E-state index in [0.717, 1.165) is 23.4 Å². The normalized spacial score (nSPS) is 19.3. The molecular weight excluding hydrogens is 266 g/mol. The van der Waals surface area contributed by atoms with Crippen molar-refractivity contribution in [3.8, 4) is 0 Å². The maximum Gasteiger partial charge on any atom is 0.326 e. The molecule has 0 saturated carbocycles. The number of piperidine rings is 1. The number of aliphatic carboxylic acids is 1. The molecule has 1 aliphatic rings. The summed E-state index contributed by atoms with van der Waals surface area (Å²) in [5.41, 5.74) is 0.883. The summed E-state index contributed by atoms with van der Waals surface area (Å²) in [6, 6.07) is -1.10. The van der Waals surface area contributed by atoms with Gasteiger partial charge in [-0.1, -0.05) is 0 Å². The summed E-state index contributed by atoms with van der Waals surface area (Å²) in [7, 11) is 0. The van der Waals surface area contributed by atoms with Gasteiger partial charge >= 0.3 is 12.0 Å². The number of hydrogen-bond donors (Lipinski definition) is 2. The Balaban J connectivity index is 2.07. The number of nitrogens with zero attached hydrogens (tertiary/aromatic N) is 2. The van der Waals surface area contributed by atoms with Gasteiger partial charge in [-0.2, -0.15) is 0 Å². The number of carbonyl (C=O) groups excluding carboxylic acids is 1. The molecule has 0 radical (unpaired) electrons. The van der Waals surface area contributed by atoms with Crippen molar-refractivity contribution in [1.29, 1.82) is 0 Å². The number of nitrogens with one attached hydrogen (secondary N) is 1. The lowest BCUT2D eigenvalue weighted by Crippen LogP contribution is -2.49. The van der Waals surface area contributed by atoms with E-state index < -0.39 is 12.0 Å². The molecule has 1 unspecified atom stereocenters. The van der Waals surface area contributed by atoms with Crippen LogP contribution < -0.4 is 5.32 Å². The van der Waals surface area contributed by atoms with Crippen LogP contribution in [0.2, 0.25) is 0 Å². The third-order valence-corrected chi connectivity index (χ3v) is 4.28. The second-order valence-electron chi connectivity index (χ2n) is 4.63. The fraction of sp³-hybridized carbons (Fsp3) is 0.583. The van der Waals surface area contributed by atoms with E-state index in [1.807, 2.05) is 13.8 Å². The Kier molecular flexibility index (Phi) is 4.04. The Bertz CT molecular complexity index is 481. The Morgan fingerprint density at radius 3 is 2.74 bits per heavy atom. The van der Waals surface area contributed by atoms with Gasteiger partial charge in [0.05, 0.1) is 5.69 Å². The number of aryl methyl sites for hydroxylation is 2. The number of urea groups is 1. The molecule has 0 spiro atoms. The first kappa shape index (κ1) is 13.8. The van der Waals surface area contributed by atoms with E-state index in [9.17, 15) is 9.59 Å². The van der Waals surface area contributed by atoms with Crippen molar-refractivity contribution in [1.82, 2.24) is 9.88 Å². The number of rotatable bonds is 2. The summed E-state index contributed by atoms with van der Waals surface area (Å²) >= 11 is 1.40. The molecule has 0 bridgehead atoms. The molecule has 1 fully saturated rings. The summed E-state index contributed by atoms with van der Waals surface area (Å²) in [5, 5.41) is 12.3. The Labute approximate surface area is 115 Å². The van der Waals surface area contributed by atoms with Crippen molar-refractivity contribution in [2.45, 2.75) is 39.2 Å². The van der Waals surface area contributed by atoms with Crippen LogP contribution in [0.25, 0.3) is 0 Å². The van der Waals surface area contributed by atoms with E-state index in [-0.39, 0.29) is 6.03 Å². The SMILES string of the molecule is Cc1nc(NC(=O)N2CCCCC2C(=O)O)sc1C. The van der Waals surface area contributed by atoms with Gasteiger partial charge in [-0.05, 0) is 33.1 Å². The average molecular weight is 283 g/mol. The number of anilines is 1. The van der Waals surface area contributed by atoms with Crippen LogP contribution in [0.3, 0.4) is 0 Å². The van der Waals surface area contributed by atoms with Crippen molar-refractivity contribution >= 4 is 28.5 Å². The zero-order valence-corrected chi connectivity index (χ0v) is 11.8. The Morgan fingerprint density at radius 2 is 2.16 bits per heavy atom. The van der Waals surface area contributed by atoms with Gasteiger partial charge in [0.25, 0.3) is 0 Å². The predicted molar refractivity (Wildman–Crippen MR) is 72.6 cm³/mol. The zero-order valence-electron chi connectivity index (χ0n) is 11.0. The van der Waals surface area contributed by atoms with E-state index in [1.54, 1.807) is 0 Å². The Hall–Kier alpha value is -1.63. The van der Waals surface area contributed by atoms with E-state index in [0.29, 0.717) is 18.1 Å². The highest BCUT2D eigenvalue weighted by atomic mass is 32.1. The Morgan fingerprint density at radius 1 is 1.42 bits per heavy atom. The van der Waals surface area contributed by atoms with Crippen LogP contribution in [0.5, 0.6) is 0 Å². The van der Waals surface area contributed by atoms with Gasteiger partial charge in [-0.15, -0.1) is 11.3 Å². The minimum absolute atomic E-state index is 0.374. The second-order valence-corrected chi connectivity index (χ2v) is 5.84. The molecule has 1 saturated heterocycles. The zero-order chi connectivity index (χ0) is 14.0. The second kappa shape index (κ2) is 5.56. The third-order valence-electron chi connectivity index (χ3n) is 3.29. The van der Waals surface area contributed by atoms with Crippen LogP contribution in [0, 0.1) is 13.8 Å². The average Bonchev–Trinajstić information content (AvgIpc) is 2.68. The van der Waals surface area contributed by atoms with Crippen LogP contribution >= 0.6 is 11.3 Å². The predicted octanol–water partition coefficient (Wildman–Crippen LogP) is 2.23. The molecule has 6 nitrogen and oxygen atoms in total. The largest absolute Gasteiger partial charge is 0.480 e. The van der Waals surface area contributed by atoms with Crippen LogP contribution in [0.15, 0.2) is 0 Å². The van der Waals surface area contributed by atoms with E-state index >= 15 is 0 Å². The molecule has 7 heteroatoms. The van der Waals surface area contributed by atoms with E-state index in [4.69, 9.17) is 5.11 Å². The molecule has 1 aliphatic heterocycles. The van der Waals surface area contributed by atoms with Gasteiger partial charge < -0.3 is 10.0 Å². The van der Waals surface area contributed by atoms with Gasteiger partial charge in [0, 0.05) is 11.4 Å². The molecule has 1 aromatic heterocycles.